The molecule has 3 fully saturated rings. The van der Waals surface area contributed by atoms with Gasteiger partial charge in [-0.1, -0.05) is 26.3 Å². The molecule has 0 bridgehead atoms. The Bertz CT molecular complexity index is 837. The number of hydrogen-bond donors (Lipinski definition) is 0. The summed E-state index contributed by atoms with van der Waals surface area (Å²) in [6, 6.07) is 7.68. The average Bonchev–Trinajstić information content (AvgIpc) is 3.00. The van der Waals surface area contributed by atoms with Gasteiger partial charge in [0.15, 0.2) is 0 Å². The van der Waals surface area contributed by atoms with Crippen molar-refractivity contribution in [3.05, 3.63) is 29.3 Å². The summed E-state index contributed by atoms with van der Waals surface area (Å²) < 4.78 is 11.5. The van der Waals surface area contributed by atoms with E-state index in [0.29, 0.717) is 12.6 Å². The molecule has 4 aliphatic rings. The van der Waals surface area contributed by atoms with E-state index in [0.717, 1.165) is 65.2 Å². The molecule has 1 saturated carbocycles. The molecule has 0 unspecified atom stereocenters. The zero-order valence-corrected chi connectivity index (χ0v) is 21.3. The van der Waals surface area contributed by atoms with Gasteiger partial charge < -0.3 is 19.3 Å². The Morgan fingerprint density at radius 1 is 0.971 bits per heavy atom. The summed E-state index contributed by atoms with van der Waals surface area (Å²) in [4.78, 5) is 20.2. The van der Waals surface area contributed by atoms with Crippen molar-refractivity contribution in [2.45, 2.75) is 89.3 Å². The summed E-state index contributed by atoms with van der Waals surface area (Å²) >= 11 is 0. The van der Waals surface area contributed by atoms with Gasteiger partial charge in [0.2, 0.25) is 0 Å². The van der Waals surface area contributed by atoms with Crippen molar-refractivity contribution in [3.8, 4) is 0 Å². The molecule has 0 N–H and O–H groups in total. The molecule has 1 amide bonds. The number of piperidine rings is 1. The van der Waals surface area contributed by atoms with Crippen molar-refractivity contribution >= 4 is 11.8 Å². The van der Waals surface area contributed by atoms with Crippen LogP contribution in [0.4, 0.5) is 10.5 Å². The monoisotopic (exact) mass is 469 g/mol. The maximum atomic E-state index is 13.1. The smallest absolute Gasteiger partial charge is 0.410 e. The number of carbonyl (C=O) groups is 1. The van der Waals surface area contributed by atoms with Gasteiger partial charge in [-0.05, 0) is 73.6 Å². The fraction of sp³-hybridized carbons (Fsp3) is 0.750. The molecule has 6 nitrogen and oxygen atoms in total. The molecule has 6 heteroatoms. The quantitative estimate of drug-likeness (QED) is 0.627. The predicted octanol–water partition coefficient (Wildman–Crippen LogP) is 4.94. The fourth-order valence-electron chi connectivity index (χ4n) is 6.39. The van der Waals surface area contributed by atoms with E-state index >= 15 is 0 Å². The van der Waals surface area contributed by atoms with E-state index in [-0.39, 0.29) is 17.6 Å². The lowest BCUT2D eigenvalue weighted by Crippen LogP contribution is -2.49. The van der Waals surface area contributed by atoms with E-state index < -0.39 is 0 Å². The van der Waals surface area contributed by atoms with Gasteiger partial charge in [-0.25, -0.2) is 4.79 Å². The number of rotatable bonds is 3. The number of morpholine rings is 1. The second-order valence-corrected chi connectivity index (χ2v) is 11.4. The largest absolute Gasteiger partial charge is 0.446 e. The van der Waals surface area contributed by atoms with E-state index in [2.05, 4.69) is 41.8 Å². The molecule has 0 radical (unpaired) electrons. The lowest BCUT2D eigenvalue weighted by molar-refractivity contribution is 0.0115. The van der Waals surface area contributed by atoms with Gasteiger partial charge in [0.25, 0.3) is 0 Å². The molecular weight excluding hydrogens is 426 g/mol. The number of amides is 1. The third-order valence-corrected chi connectivity index (χ3v) is 8.66. The zero-order chi connectivity index (χ0) is 23.5. The highest BCUT2D eigenvalue weighted by atomic mass is 16.6. The highest BCUT2D eigenvalue weighted by Crippen LogP contribution is 2.37. The van der Waals surface area contributed by atoms with Crippen LogP contribution in [0.3, 0.4) is 0 Å². The maximum absolute atomic E-state index is 13.1. The summed E-state index contributed by atoms with van der Waals surface area (Å²) in [5, 5.41) is 0. The molecule has 1 aliphatic carbocycles. The molecular formula is C28H43N3O3. The van der Waals surface area contributed by atoms with Crippen LogP contribution in [-0.4, -0.2) is 74.0 Å². The Balaban J connectivity index is 1.27. The van der Waals surface area contributed by atoms with Crippen molar-refractivity contribution in [1.29, 1.82) is 0 Å². The molecule has 5 rings (SSSR count). The van der Waals surface area contributed by atoms with Gasteiger partial charge in [-0.2, -0.15) is 0 Å². The van der Waals surface area contributed by atoms with E-state index in [1.807, 2.05) is 4.90 Å². The predicted molar refractivity (Wildman–Crippen MR) is 135 cm³/mol. The summed E-state index contributed by atoms with van der Waals surface area (Å²) in [5.41, 5.74) is 4.03. The van der Waals surface area contributed by atoms with Crippen molar-refractivity contribution in [1.82, 2.24) is 9.80 Å². The summed E-state index contributed by atoms with van der Waals surface area (Å²) in [6.45, 7) is 12.1. The van der Waals surface area contributed by atoms with Crippen LogP contribution >= 0.6 is 0 Å². The second kappa shape index (κ2) is 10.4. The second-order valence-electron chi connectivity index (χ2n) is 11.4. The molecule has 0 atom stereocenters. The van der Waals surface area contributed by atoms with Crippen LogP contribution in [0, 0.1) is 0 Å². The third-order valence-electron chi connectivity index (χ3n) is 8.66. The number of hydrogen-bond acceptors (Lipinski definition) is 5. The lowest BCUT2D eigenvalue weighted by atomic mass is 9.80. The van der Waals surface area contributed by atoms with Crippen LogP contribution in [0.5, 0.6) is 0 Å². The first kappa shape index (κ1) is 23.9. The van der Waals surface area contributed by atoms with Gasteiger partial charge in [0.1, 0.15) is 6.10 Å². The van der Waals surface area contributed by atoms with E-state index in [9.17, 15) is 4.79 Å². The maximum Gasteiger partial charge on any atom is 0.410 e. The van der Waals surface area contributed by atoms with Gasteiger partial charge >= 0.3 is 6.09 Å². The lowest BCUT2D eigenvalue weighted by Gasteiger charge is -2.41. The molecule has 1 aromatic rings. The minimum atomic E-state index is -0.118. The van der Waals surface area contributed by atoms with Crippen LogP contribution in [0.2, 0.25) is 0 Å². The Hall–Kier alpha value is -1.79. The number of fused-ring (bicyclic) bond motifs is 1. The normalized spacial score (nSPS) is 25.0. The number of benzene rings is 1. The molecule has 34 heavy (non-hydrogen) atoms. The van der Waals surface area contributed by atoms with E-state index in [1.165, 1.54) is 48.9 Å². The number of anilines is 1. The molecule has 0 aromatic heterocycles. The van der Waals surface area contributed by atoms with E-state index in [4.69, 9.17) is 9.47 Å². The van der Waals surface area contributed by atoms with Crippen LogP contribution in [-0.2, 0) is 21.4 Å². The number of nitrogens with zero attached hydrogens (tertiary/aromatic N) is 3. The summed E-state index contributed by atoms with van der Waals surface area (Å²) in [5.74, 6) is 0. The van der Waals surface area contributed by atoms with Crippen molar-refractivity contribution in [2.75, 3.05) is 50.8 Å². The zero-order valence-electron chi connectivity index (χ0n) is 21.3. The molecule has 1 aromatic carbocycles. The fourth-order valence-corrected chi connectivity index (χ4v) is 6.39. The first-order valence-electron chi connectivity index (χ1n) is 13.7. The minimum absolute atomic E-state index is 0.0526. The van der Waals surface area contributed by atoms with Crippen molar-refractivity contribution < 1.29 is 14.3 Å². The van der Waals surface area contributed by atoms with Crippen molar-refractivity contribution in [3.63, 3.8) is 0 Å². The molecule has 0 spiro atoms. The Morgan fingerprint density at radius 2 is 1.71 bits per heavy atom. The Labute approximate surface area is 205 Å². The highest BCUT2D eigenvalue weighted by molar-refractivity contribution is 5.68. The number of ether oxygens (including phenoxy) is 2. The van der Waals surface area contributed by atoms with Crippen molar-refractivity contribution in [2.24, 2.45) is 0 Å². The van der Waals surface area contributed by atoms with Crippen LogP contribution < -0.4 is 4.90 Å². The van der Waals surface area contributed by atoms with Gasteiger partial charge in [0, 0.05) is 51.0 Å². The first-order chi connectivity index (χ1) is 16.5. The van der Waals surface area contributed by atoms with Crippen LogP contribution in [0.25, 0.3) is 0 Å². The average molecular weight is 470 g/mol. The summed E-state index contributed by atoms with van der Waals surface area (Å²) in [6.07, 6.45) is 9.04. The van der Waals surface area contributed by atoms with Gasteiger partial charge in [-0.3, -0.25) is 4.90 Å². The van der Waals surface area contributed by atoms with E-state index in [1.54, 1.807) is 0 Å². The molecule has 3 heterocycles. The number of carbonyl (C=O) groups excluding carboxylic acids is 1. The Kier molecular flexibility index (Phi) is 7.35. The first-order valence-corrected chi connectivity index (χ1v) is 13.7. The van der Waals surface area contributed by atoms with Crippen LogP contribution in [0.1, 0.15) is 76.3 Å². The molecule has 188 valence electrons. The Morgan fingerprint density at radius 3 is 2.44 bits per heavy atom. The summed E-state index contributed by atoms with van der Waals surface area (Å²) in [7, 11) is 0. The molecule has 3 aliphatic heterocycles. The van der Waals surface area contributed by atoms with Crippen LogP contribution in [0.15, 0.2) is 18.2 Å². The standard InChI is InChI=1S/C28H43N3O3/c1-28(2)12-15-31(27(32)34-25-6-4-3-5-7-25)21-22-20-24(8-9-26(22)28)29-13-10-23(11-14-29)30-16-18-33-19-17-30/h8-9,20,23,25H,3-7,10-19,21H2,1-2H3. The minimum Gasteiger partial charge on any atom is -0.446 e. The SMILES string of the molecule is CC1(C)CCN(C(=O)OC2CCCCC2)Cc2cc(N3CCC(N4CCOCC4)CC3)ccc21. The third kappa shape index (κ3) is 5.38. The topological polar surface area (TPSA) is 45.2 Å². The van der Waals surface area contributed by atoms with Gasteiger partial charge in [0.05, 0.1) is 13.2 Å². The molecule has 2 saturated heterocycles. The highest BCUT2D eigenvalue weighted by Gasteiger charge is 2.33. The van der Waals surface area contributed by atoms with Gasteiger partial charge in [-0.15, -0.1) is 0 Å².